The van der Waals surface area contributed by atoms with Crippen LogP contribution in [0.5, 0.6) is 0 Å². The van der Waals surface area contributed by atoms with Crippen LogP contribution in [0.1, 0.15) is 142 Å². The second-order valence-corrected chi connectivity index (χ2v) is 15.5. The van der Waals surface area contributed by atoms with Gasteiger partial charge >= 0.3 is 13.8 Å². The second kappa shape index (κ2) is 32.4. The Morgan fingerprint density at radius 3 is 1.56 bits per heavy atom. The van der Waals surface area contributed by atoms with E-state index >= 15 is 0 Å². The fourth-order valence-electron chi connectivity index (χ4n) is 5.96. The molecule has 0 bridgehead atoms. The van der Waals surface area contributed by atoms with Crippen LogP contribution in [0.25, 0.3) is 0 Å². The number of carbonyl (C=O) groups is 1. The first-order valence-corrected chi connectivity index (χ1v) is 22.0. The first-order valence-electron chi connectivity index (χ1n) is 20.5. The lowest BCUT2D eigenvalue weighted by Crippen LogP contribution is -2.64. The van der Waals surface area contributed by atoms with Crippen LogP contribution in [-0.2, 0) is 27.9 Å². The third kappa shape index (κ3) is 24.7. The van der Waals surface area contributed by atoms with Crippen LogP contribution in [0, 0.1) is 0 Å². The minimum atomic E-state index is -5.03. The van der Waals surface area contributed by atoms with E-state index < -0.39 is 63.1 Å². The monoisotopic (exact) mass is 788 g/mol. The van der Waals surface area contributed by atoms with Gasteiger partial charge in [-0.15, -0.1) is 0 Å². The van der Waals surface area contributed by atoms with Crippen LogP contribution in [0.3, 0.4) is 0 Å². The van der Waals surface area contributed by atoms with Crippen LogP contribution >= 0.6 is 7.82 Å². The molecule has 54 heavy (non-hydrogen) atoms. The number of hydrogen-bond donors (Lipinski definition) is 6. The number of phosphoric ester groups is 1. The number of rotatable bonds is 33. The van der Waals surface area contributed by atoms with E-state index in [1.54, 1.807) is 0 Å². The summed E-state index contributed by atoms with van der Waals surface area (Å²) >= 11 is 0. The van der Waals surface area contributed by atoms with Crippen molar-refractivity contribution in [2.75, 3.05) is 19.8 Å². The summed E-state index contributed by atoms with van der Waals surface area (Å²) in [4.78, 5) is 23.0. The second-order valence-electron chi connectivity index (χ2n) is 14.1. The van der Waals surface area contributed by atoms with E-state index in [0.29, 0.717) is 13.0 Å². The number of hydrogen-bond acceptors (Lipinski definition) is 11. The van der Waals surface area contributed by atoms with Crippen molar-refractivity contribution >= 4 is 13.8 Å². The fourth-order valence-corrected chi connectivity index (χ4v) is 6.93. The van der Waals surface area contributed by atoms with Crippen molar-refractivity contribution in [3.8, 4) is 0 Å². The Morgan fingerprint density at radius 2 is 1.06 bits per heavy atom. The summed E-state index contributed by atoms with van der Waals surface area (Å²) in [7, 11) is -5.03. The van der Waals surface area contributed by atoms with Gasteiger partial charge in [-0.25, -0.2) is 4.57 Å². The van der Waals surface area contributed by atoms with E-state index in [1.165, 1.54) is 70.6 Å². The van der Waals surface area contributed by atoms with Crippen LogP contribution < -0.4 is 0 Å². The highest BCUT2D eigenvalue weighted by atomic mass is 31.2. The van der Waals surface area contributed by atoms with Crippen molar-refractivity contribution in [2.24, 2.45) is 0 Å². The lowest BCUT2D eigenvalue weighted by molar-refractivity contribution is -0.220. The van der Waals surface area contributed by atoms with Gasteiger partial charge < -0.3 is 39.9 Å². The first kappa shape index (κ1) is 50.3. The lowest BCUT2D eigenvalue weighted by atomic mass is 9.85. The standard InChI is InChI=1S/C41H73O12P/c1-3-5-7-9-11-13-15-17-19-21-23-25-27-29-31-50-32-34(33-51-54(48,49)53-41-39(46)37(44)36(43)38(45)40(41)47)52-35(42)30-28-26-24-22-20-18-16-14-12-10-8-6-4-2/h6,8,12,14,18,20,24,26,34,36-41,43-47H,3-5,7,9-11,13,15-17,19,21-23,25,27-33H2,1-2H3,(H,48,49)/b8-6-,14-12-,20-18-,26-24-. The van der Waals surface area contributed by atoms with Crippen molar-refractivity contribution in [1.82, 2.24) is 0 Å². The number of aliphatic hydroxyl groups excluding tert-OH is 5. The number of unbranched alkanes of at least 4 members (excludes halogenated alkanes) is 13. The molecule has 0 aliphatic heterocycles. The Morgan fingerprint density at radius 1 is 0.611 bits per heavy atom. The number of esters is 1. The summed E-state index contributed by atoms with van der Waals surface area (Å²) in [5.74, 6) is -0.557. The van der Waals surface area contributed by atoms with Crippen molar-refractivity contribution in [2.45, 2.75) is 185 Å². The Bertz CT molecular complexity index is 1080. The van der Waals surface area contributed by atoms with Gasteiger partial charge in [0.25, 0.3) is 0 Å². The maximum Gasteiger partial charge on any atom is 0.472 e. The van der Waals surface area contributed by atoms with Gasteiger partial charge in [0.1, 0.15) is 42.7 Å². The molecular weight excluding hydrogens is 715 g/mol. The molecular formula is C41H73O12P. The third-order valence-electron chi connectivity index (χ3n) is 9.23. The van der Waals surface area contributed by atoms with Crippen LogP contribution in [0.2, 0.25) is 0 Å². The molecule has 6 unspecified atom stereocenters. The summed E-state index contributed by atoms with van der Waals surface area (Å²) in [6.45, 7) is 4.04. The van der Waals surface area contributed by atoms with E-state index in [1.807, 2.05) is 18.2 Å². The molecule has 6 atom stereocenters. The Hall–Kier alpha value is -1.70. The third-order valence-corrected chi connectivity index (χ3v) is 10.2. The molecule has 1 saturated carbocycles. The van der Waals surface area contributed by atoms with Crippen molar-refractivity contribution in [1.29, 1.82) is 0 Å². The Labute approximate surface area is 325 Å². The molecule has 12 nitrogen and oxygen atoms in total. The summed E-state index contributed by atoms with van der Waals surface area (Å²) in [6.07, 6.45) is 24.9. The molecule has 0 aromatic heterocycles. The Balaban J connectivity index is 2.50. The van der Waals surface area contributed by atoms with Crippen molar-refractivity contribution in [3.63, 3.8) is 0 Å². The van der Waals surface area contributed by atoms with Gasteiger partial charge in [-0.05, 0) is 38.5 Å². The van der Waals surface area contributed by atoms with Crippen molar-refractivity contribution < 1.29 is 58.3 Å². The van der Waals surface area contributed by atoms with Gasteiger partial charge in [0.15, 0.2) is 0 Å². The first-order chi connectivity index (χ1) is 26.0. The molecule has 314 valence electrons. The molecule has 0 radical (unpaired) electrons. The quantitative estimate of drug-likeness (QED) is 0.0169. The fraction of sp³-hybridized carbons (Fsp3) is 0.780. The number of phosphoric acid groups is 1. The lowest BCUT2D eigenvalue weighted by Gasteiger charge is -2.41. The topological polar surface area (TPSA) is 192 Å². The summed E-state index contributed by atoms with van der Waals surface area (Å²) < 4.78 is 33.9. The molecule has 1 aliphatic rings. The molecule has 0 spiro atoms. The van der Waals surface area contributed by atoms with Crippen molar-refractivity contribution in [3.05, 3.63) is 48.6 Å². The summed E-state index contributed by atoms with van der Waals surface area (Å²) in [5, 5.41) is 50.0. The molecule has 1 aliphatic carbocycles. The smallest absolute Gasteiger partial charge is 0.457 e. The highest BCUT2D eigenvalue weighted by Gasteiger charge is 2.51. The Kier molecular flexibility index (Phi) is 30.2. The highest BCUT2D eigenvalue weighted by Crippen LogP contribution is 2.47. The molecule has 0 saturated heterocycles. The van der Waals surface area contributed by atoms with Crippen LogP contribution in [0.15, 0.2) is 48.6 Å². The van der Waals surface area contributed by atoms with Gasteiger partial charge in [0, 0.05) is 13.0 Å². The SMILES string of the molecule is CC/C=C\C/C=C\C/C=C\C/C=C\CCC(=O)OC(COCCCCCCCCCCCCCCCC)COP(=O)(O)OC1C(O)C(O)C(O)C(O)C1O. The molecule has 1 rings (SSSR count). The maximum absolute atomic E-state index is 12.8. The maximum atomic E-state index is 12.8. The normalized spacial score (nSPS) is 23.9. The molecule has 0 amide bonds. The average Bonchev–Trinajstić information content (AvgIpc) is 3.15. The predicted molar refractivity (Wildman–Crippen MR) is 212 cm³/mol. The molecule has 6 N–H and O–H groups in total. The number of aliphatic hydroxyl groups is 5. The minimum absolute atomic E-state index is 0.0650. The predicted octanol–water partition coefficient (Wildman–Crippen LogP) is 7.30. The zero-order chi connectivity index (χ0) is 39.9. The number of ether oxygens (including phenoxy) is 2. The van der Waals surface area contributed by atoms with E-state index in [9.17, 15) is 39.8 Å². The van der Waals surface area contributed by atoms with E-state index in [4.69, 9.17) is 18.5 Å². The van der Waals surface area contributed by atoms with Gasteiger partial charge in [-0.3, -0.25) is 13.8 Å². The van der Waals surface area contributed by atoms with Crippen LogP contribution in [-0.4, -0.2) is 98.9 Å². The highest BCUT2D eigenvalue weighted by molar-refractivity contribution is 7.47. The summed E-state index contributed by atoms with van der Waals surface area (Å²) in [5.41, 5.74) is 0. The van der Waals surface area contributed by atoms with Gasteiger partial charge in [-0.1, -0.05) is 146 Å². The molecule has 1 fully saturated rings. The van der Waals surface area contributed by atoms with Gasteiger partial charge in [-0.2, -0.15) is 0 Å². The molecule has 13 heteroatoms. The van der Waals surface area contributed by atoms with Gasteiger partial charge in [0.2, 0.25) is 0 Å². The zero-order valence-electron chi connectivity index (χ0n) is 33.0. The zero-order valence-corrected chi connectivity index (χ0v) is 33.9. The molecule has 0 aromatic carbocycles. The largest absolute Gasteiger partial charge is 0.472 e. The van der Waals surface area contributed by atoms with Crippen LogP contribution in [0.4, 0.5) is 0 Å². The number of allylic oxidation sites excluding steroid dienone is 8. The van der Waals surface area contributed by atoms with Gasteiger partial charge in [0.05, 0.1) is 13.2 Å². The van der Waals surface area contributed by atoms with E-state index in [0.717, 1.165) is 44.9 Å². The van der Waals surface area contributed by atoms with E-state index in [2.05, 4.69) is 44.2 Å². The van der Waals surface area contributed by atoms with E-state index in [-0.39, 0.29) is 13.0 Å². The molecule has 0 heterocycles. The number of carbonyl (C=O) groups excluding carboxylic acids is 1. The molecule has 0 aromatic rings. The average molecular weight is 789 g/mol. The minimum Gasteiger partial charge on any atom is -0.457 e. The summed E-state index contributed by atoms with van der Waals surface area (Å²) in [6, 6.07) is 0.